The number of aromatic hydroxyl groups is 1. The van der Waals surface area contributed by atoms with E-state index in [1.54, 1.807) is 0 Å². The fourth-order valence-corrected chi connectivity index (χ4v) is 2.53. The van der Waals surface area contributed by atoms with E-state index < -0.39 is 0 Å². The SMILES string of the molecule is CC(c1cc(F)ccc1O)N(C)CC1CCCCO1. The van der Waals surface area contributed by atoms with Crippen molar-refractivity contribution >= 4 is 0 Å². The minimum atomic E-state index is -0.318. The zero-order valence-corrected chi connectivity index (χ0v) is 11.6. The first-order valence-corrected chi connectivity index (χ1v) is 6.88. The molecule has 0 spiro atoms. The second-order valence-electron chi connectivity index (χ2n) is 5.31. The molecule has 1 fully saturated rings. The highest BCUT2D eigenvalue weighted by Gasteiger charge is 2.21. The van der Waals surface area contributed by atoms with Gasteiger partial charge in [-0.15, -0.1) is 0 Å². The Labute approximate surface area is 114 Å². The number of nitrogens with zero attached hydrogens (tertiary/aromatic N) is 1. The molecular formula is C15H22FNO2. The Bertz CT molecular complexity index is 419. The highest BCUT2D eigenvalue weighted by molar-refractivity contribution is 5.34. The van der Waals surface area contributed by atoms with E-state index in [2.05, 4.69) is 4.90 Å². The maximum absolute atomic E-state index is 13.3. The Morgan fingerprint density at radius 1 is 1.47 bits per heavy atom. The van der Waals surface area contributed by atoms with Crippen LogP contribution in [0, 0.1) is 5.82 Å². The predicted molar refractivity (Wildman–Crippen MR) is 72.7 cm³/mol. The van der Waals surface area contributed by atoms with Gasteiger partial charge in [0.2, 0.25) is 0 Å². The number of hydrogen-bond donors (Lipinski definition) is 1. The molecule has 0 amide bonds. The molecule has 0 bridgehead atoms. The summed E-state index contributed by atoms with van der Waals surface area (Å²) >= 11 is 0. The molecule has 106 valence electrons. The van der Waals surface area contributed by atoms with E-state index in [1.165, 1.54) is 24.6 Å². The molecule has 19 heavy (non-hydrogen) atoms. The molecule has 0 radical (unpaired) electrons. The van der Waals surface area contributed by atoms with E-state index in [0.29, 0.717) is 5.56 Å². The van der Waals surface area contributed by atoms with Crippen LogP contribution >= 0.6 is 0 Å². The largest absolute Gasteiger partial charge is 0.508 e. The molecule has 1 heterocycles. The summed E-state index contributed by atoms with van der Waals surface area (Å²) in [6.45, 7) is 3.60. The molecular weight excluding hydrogens is 245 g/mol. The van der Waals surface area contributed by atoms with Gasteiger partial charge >= 0.3 is 0 Å². The Morgan fingerprint density at radius 2 is 2.26 bits per heavy atom. The van der Waals surface area contributed by atoms with Crippen molar-refractivity contribution < 1.29 is 14.2 Å². The van der Waals surface area contributed by atoms with E-state index in [1.807, 2.05) is 14.0 Å². The Morgan fingerprint density at radius 3 is 2.95 bits per heavy atom. The maximum Gasteiger partial charge on any atom is 0.123 e. The molecule has 0 saturated carbocycles. The van der Waals surface area contributed by atoms with Gasteiger partial charge in [-0.2, -0.15) is 0 Å². The van der Waals surface area contributed by atoms with E-state index in [-0.39, 0.29) is 23.7 Å². The smallest absolute Gasteiger partial charge is 0.123 e. The molecule has 3 nitrogen and oxygen atoms in total. The van der Waals surface area contributed by atoms with Gasteiger partial charge in [0.15, 0.2) is 0 Å². The van der Waals surface area contributed by atoms with Crippen LogP contribution in [0.1, 0.15) is 37.8 Å². The number of benzene rings is 1. The minimum absolute atomic E-state index is 0.0405. The lowest BCUT2D eigenvalue weighted by atomic mass is 10.0. The first-order chi connectivity index (χ1) is 9.08. The minimum Gasteiger partial charge on any atom is -0.508 e. The van der Waals surface area contributed by atoms with Crippen molar-refractivity contribution in [2.24, 2.45) is 0 Å². The summed E-state index contributed by atoms with van der Waals surface area (Å²) in [6, 6.07) is 4.04. The standard InChI is InChI=1S/C15H22FNO2/c1-11(14-9-12(16)6-7-15(14)18)17(2)10-13-5-3-4-8-19-13/h6-7,9,11,13,18H,3-5,8,10H2,1-2H3. The monoisotopic (exact) mass is 267 g/mol. The summed E-state index contributed by atoms with van der Waals surface area (Å²) in [6.07, 6.45) is 3.67. The lowest BCUT2D eigenvalue weighted by Gasteiger charge is -2.31. The van der Waals surface area contributed by atoms with Crippen molar-refractivity contribution in [1.82, 2.24) is 4.90 Å². The highest BCUT2D eigenvalue weighted by atomic mass is 19.1. The number of ether oxygens (including phenoxy) is 1. The van der Waals surface area contributed by atoms with Gasteiger partial charge in [-0.1, -0.05) is 0 Å². The summed E-state index contributed by atoms with van der Waals surface area (Å²) in [5.74, 6) is -0.174. The zero-order valence-electron chi connectivity index (χ0n) is 11.6. The third-order valence-corrected chi connectivity index (χ3v) is 3.87. The molecule has 0 aromatic heterocycles. The van der Waals surface area contributed by atoms with Gasteiger partial charge < -0.3 is 9.84 Å². The van der Waals surface area contributed by atoms with Gasteiger partial charge in [-0.05, 0) is 51.4 Å². The van der Waals surface area contributed by atoms with E-state index in [9.17, 15) is 9.50 Å². The topological polar surface area (TPSA) is 32.7 Å². The lowest BCUT2D eigenvalue weighted by molar-refractivity contribution is -0.00730. The fourth-order valence-electron chi connectivity index (χ4n) is 2.53. The average Bonchev–Trinajstić information content (AvgIpc) is 2.42. The zero-order chi connectivity index (χ0) is 13.8. The summed E-state index contributed by atoms with van der Waals surface area (Å²) < 4.78 is 19.0. The molecule has 0 aliphatic carbocycles. The average molecular weight is 267 g/mol. The van der Waals surface area contributed by atoms with Crippen molar-refractivity contribution in [3.8, 4) is 5.75 Å². The van der Waals surface area contributed by atoms with Gasteiger partial charge in [0.1, 0.15) is 11.6 Å². The Balaban J connectivity index is 2.01. The quantitative estimate of drug-likeness (QED) is 0.910. The van der Waals surface area contributed by atoms with Crippen LogP contribution in [0.5, 0.6) is 5.75 Å². The molecule has 1 aromatic carbocycles. The third-order valence-electron chi connectivity index (χ3n) is 3.87. The molecule has 1 N–H and O–H groups in total. The molecule has 2 rings (SSSR count). The summed E-state index contributed by atoms with van der Waals surface area (Å²) in [5.41, 5.74) is 0.623. The van der Waals surface area contributed by atoms with Gasteiger partial charge in [0.05, 0.1) is 6.10 Å². The molecule has 1 aliphatic heterocycles. The van der Waals surface area contributed by atoms with Crippen LogP contribution in [0.3, 0.4) is 0 Å². The highest BCUT2D eigenvalue weighted by Crippen LogP contribution is 2.29. The first kappa shape index (κ1) is 14.3. The van der Waals surface area contributed by atoms with Gasteiger partial charge in [0, 0.05) is 24.8 Å². The van der Waals surface area contributed by atoms with Gasteiger partial charge in [-0.25, -0.2) is 4.39 Å². The molecule has 2 unspecified atom stereocenters. The van der Waals surface area contributed by atoms with Gasteiger partial charge in [-0.3, -0.25) is 4.90 Å². The third kappa shape index (κ3) is 3.67. The van der Waals surface area contributed by atoms with E-state index >= 15 is 0 Å². The Kier molecular flexibility index (Phi) is 4.77. The van der Waals surface area contributed by atoms with Gasteiger partial charge in [0.25, 0.3) is 0 Å². The van der Waals surface area contributed by atoms with Crippen LogP contribution in [0.25, 0.3) is 0 Å². The second kappa shape index (κ2) is 6.35. The summed E-state index contributed by atoms with van der Waals surface area (Å²) in [4.78, 5) is 2.10. The molecule has 1 aromatic rings. The number of halogens is 1. The van der Waals surface area contributed by atoms with Crippen LogP contribution in [-0.4, -0.2) is 36.3 Å². The maximum atomic E-state index is 13.3. The Hall–Kier alpha value is -1.13. The van der Waals surface area contributed by atoms with Crippen LogP contribution < -0.4 is 0 Å². The molecule has 4 heteroatoms. The normalized spacial score (nSPS) is 21.6. The van der Waals surface area contributed by atoms with Crippen molar-refractivity contribution in [3.05, 3.63) is 29.6 Å². The molecule has 1 aliphatic rings. The van der Waals surface area contributed by atoms with Crippen LogP contribution in [0.4, 0.5) is 4.39 Å². The number of rotatable bonds is 4. The van der Waals surface area contributed by atoms with Crippen molar-refractivity contribution in [3.63, 3.8) is 0 Å². The van der Waals surface area contributed by atoms with Crippen LogP contribution in [-0.2, 0) is 4.74 Å². The summed E-state index contributed by atoms with van der Waals surface area (Å²) in [7, 11) is 1.98. The molecule has 2 atom stereocenters. The van der Waals surface area contributed by atoms with Crippen LogP contribution in [0.2, 0.25) is 0 Å². The van der Waals surface area contributed by atoms with E-state index in [0.717, 1.165) is 26.0 Å². The second-order valence-corrected chi connectivity index (χ2v) is 5.31. The molecule has 1 saturated heterocycles. The van der Waals surface area contributed by atoms with Crippen molar-refractivity contribution in [1.29, 1.82) is 0 Å². The van der Waals surface area contributed by atoms with Crippen molar-refractivity contribution in [2.45, 2.75) is 38.3 Å². The summed E-state index contributed by atoms with van der Waals surface area (Å²) in [5, 5.41) is 9.84. The number of phenolic OH excluding ortho intramolecular Hbond substituents is 1. The first-order valence-electron chi connectivity index (χ1n) is 6.88. The van der Waals surface area contributed by atoms with E-state index in [4.69, 9.17) is 4.74 Å². The number of hydrogen-bond acceptors (Lipinski definition) is 3. The predicted octanol–water partition coefficient (Wildman–Crippen LogP) is 3.09. The van der Waals surface area contributed by atoms with Crippen molar-refractivity contribution in [2.75, 3.05) is 20.2 Å². The lowest BCUT2D eigenvalue weighted by Crippen LogP contribution is -2.34. The van der Waals surface area contributed by atoms with Crippen LogP contribution in [0.15, 0.2) is 18.2 Å². The number of likely N-dealkylation sites (N-methyl/N-ethyl adjacent to an activating group) is 1. The number of phenols is 1. The fraction of sp³-hybridized carbons (Fsp3) is 0.600.